The fourth-order valence-corrected chi connectivity index (χ4v) is 1.42. The third-order valence-electron chi connectivity index (χ3n) is 2.24. The van der Waals surface area contributed by atoms with E-state index in [-0.39, 0.29) is 24.6 Å². The topological polar surface area (TPSA) is 90.6 Å². The quantitative estimate of drug-likeness (QED) is 0.578. The van der Waals surface area contributed by atoms with Gasteiger partial charge in [0.25, 0.3) is 0 Å². The highest BCUT2D eigenvalue weighted by Gasteiger charge is 2.09. The van der Waals surface area contributed by atoms with E-state index in [2.05, 4.69) is 5.32 Å². The first-order valence-corrected chi connectivity index (χ1v) is 6.41. The molecule has 0 saturated heterocycles. The maximum atomic E-state index is 11.6. The highest BCUT2D eigenvalue weighted by molar-refractivity contribution is 5.93. The molecule has 6 heteroatoms. The molecule has 0 unspecified atom stereocenters. The number of hydrogen-bond donors (Lipinski definition) is 2. The van der Waals surface area contributed by atoms with Crippen LogP contribution < -0.4 is 11.1 Å². The summed E-state index contributed by atoms with van der Waals surface area (Å²) in [6.45, 7) is 4.24. The van der Waals surface area contributed by atoms with Gasteiger partial charge in [-0.25, -0.2) is 4.79 Å². The van der Waals surface area contributed by atoms with Crippen molar-refractivity contribution in [2.45, 2.75) is 20.0 Å². The minimum Gasteiger partial charge on any atom is -0.459 e. The lowest BCUT2D eigenvalue weighted by Gasteiger charge is -2.09. The molecule has 6 nitrogen and oxygen atoms in total. The van der Waals surface area contributed by atoms with Gasteiger partial charge in [0.05, 0.1) is 18.3 Å². The van der Waals surface area contributed by atoms with Crippen molar-refractivity contribution in [3.63, 3.8) is 0 Å². The summed E-state index contributed by atoms with van der Waals surface area (Å²) >= 11 is 0. The molecule has 1 rings (SSSR count). The van der Waals surface area contributed by atoms with Crippen molar-refractivity contribution in [3.05, 3.63) is 29.8 Å². The summed E-state index contributed by atoms with van der Waals surface area (Å²) in [6.07, 6.45) is -0.165. The van der Waals surface area contributed by atoms with Crippen LogP contribution in [0.15, 0.2) is 24.3 Å². The van der Waals surface area contributed by atoms with Gasteiger partial charge in [-0.05, 0) is 38.1 Å². The minimum absolute atomic E-state index is 0.0473. The van der Waals surface area contributed by atoms with Gasteiger partial charge in [0.2, 0.25) is 5.91 Å². The van der Waals surface area contributed by atoms with Gasteiger partial charge in [-0.3, -0.25) is 4.79 Å². The molecule has 0 spiro atoms. The third kappa shape index (κ3) is 5.81. The van der Waals surface area contributed by atoms with Gasteiger partial charge in [-0.1, -0.05) is 0 Å². The monoisotopic (exact) mass is 280 g/mol. The number of anilines is 1. The zero-order chi connectivity index (χ0) is 15.0. The smallest absolute Gasteiger partial charge is 0.338 e. The number of amides is 1. The zero-order valence-corrected chi connectivity index (χ0v) is 11.7. The highest BCUT2D eigenvalue weighted by Crippen LogP contribution is 2.11. The average Bonchev–Trinajstić information content (AvgIpc) is 2.39. The summed E-state index contributed by atoms with van der Waals surface area (Å²) in [6, 6.07) is 6.47. The van der Waals surface area contributed by atoms with Crippen molar-refractivity contribution in [2.24, 2.45) is 5.73 Å². The van der Waals surface area contributed by atoms with E-state index in [1.54, 1.807) is 38.1 Å². The molecule has 0 aromatic heterocycles. The van der Waals surface area contributed by atoms with Gasteiger partial charge in [-0.15, -0.1) is 0 Å². The van der Waals surface area contributed by atoms with Crippen molar-refractivity contribution in [3.8, 4) is 0 Å². The number of ether oxygens (including phenoxy) is 2. The number of nitrogens with one attached hydrogen (secondary N) is 1. The van der Waals surface area contributed by atoms with Crippen LogP contribution in [0.25, 0.3) is 0 Å². The Labute approximate surface area is 118 Å². The summed E-state index contributed by atoms with van der Waals surface area (Å²) in [5.74, 6) is -0.653. The molecule has 0 fully saturated rings. The molecule has 20 heavy (non-hydrogen) atoms. The molecule has 0 atom stereocenters. The standard InChI is InChI=1S/C14H20N2O4/c1-10(2)20-14(18)11-3-5-12(6-4-11)16-13(17)9-19-8-7-15/h3-6,10H,7-9,15H2,1-2H3,(H,16,17). The predicted octanol–water partition coefficient (Wildman–Crippen LogP) is 1.17. The molecule has 1 amide bonds. The Morgan fingerprint density at radius 3 is 2.45 bits per heavy atom. The van der Waals surface area contributed by atoms with E-state index < -0.39 is 0 Å². The number of rotatable bonds is 7. The molecule has 3 N–H and O–H groups in total. The summed E-state index contributed by atoms with van der Waals surface area (Å²) in [5, 5.41) is 2.65. The number of carbonyl (C=O) groups is 2. The SMILES string of the molecule is CC(C)OC(=O)c1ccc(NC(=O)COCCN)cc1. The van der Waals surface area contributed by atoms with Gasteiger partial charge in [0, 0.05) is 12.2 Å². The van der Waals surface area contributed by atoms with Crippen LogP contribution in [0.4, 0.5) is 5.69 Å². The molecular weight excluding hydrogens is 260 g/mol. The van der Waals surface area contributed by atoms with Crippen LogP contribution in [0.5, 0.6) is 0 Å². The van der Waals surface area contributed by atoms with Crippen LogP contribution in [0.3, 0.4) is 0 Å². The molecule has 1 aromatic rings. The Kier molecular flexibility index (Phi) is 6.69. The summed E-state index contributed by atoms with van der Waals surface area (Å²) in [4.78, 5) is 23.1. The highest BCUT2D eigenvalue weighted by atomic mass is 16.5. The fraction of sp³-hybridized carbons (Fsp3) is 0.429. The largest absolute Gasteiger partial charge is 0.459 e. The van der Waals surface area contributed by atoms with Gasteiger partial charge in [0.1, 0.15) is 6.61 Å². The Morgan fingerprint density at radius 2 is 1.90 bits per heavy atom. The molecule has 0 saturated carbocycles. The predicted molar refractivity (Wildman–Crippen MR) is 75.5 cm³/mol. The second-order valence-electron chi connectivity index (χ2n) is 4.42. The van der Waals surface area contributed by atoms with Crippen molar-refractivity contribution in [1.82, 2.24) is 0 Å². The van der Waals surface area contributed by atoms with Crippen LogP contribution in [0.1, 0.15) is 24.2 Å². The number of esters is 1. The second-order valence-corrected chi connectivity index (χ2v) is 4.42. The van der Waals surface area contributed by atoms with Crippen LogP contribution >= 0.6 is 0 Å². The van der Waals surface area contributed by atoms with Crippen LogP contribution in [-0.2, 0) is 14.3 Å². The number of hydrogen-bond acceptors (Lipinski definition) is 5. The zero-order valence-electron chi connectivity index (χ0n) is 11.7. The fourth-order valence-electron chi connectivity index (χ4n) is 1.42. The molecule has 0 heterocycles. The summed E-state index contributed by atoms with van der Waals surface area (Å²) in [5.41, 5.74) is 6.28. The van der Waals surface area contributed by atoms with Gasteiger partial charge < -0.3 is 20.5 Å². The first kappa shape index (κ1) is 16.1. The van der Waals surface area contributed by atoms with E-state index in [1.165, 1.54) is 0 Å². The molecule has 0 aliphatic heterocycles. The van der Waals surface area contributed by atoms with E-state index >= 15 is 0 Å². The van der Waals surface area contributed by atoms with Crippen LogP contribution in [-0.4, -0.2) is 37.7 Å². The van der Waals surface area contributed by atoms with E-state index in [9.17, 15) is 9.59 Å². The van der Waals surface area contributed by atoms with Crippen LogP contribution in [0, 0.1) is 0 Å². The van der Waals surface area contributed by atoms with E-state index in [0.29, 0.717) is 24.4 Å². The second kappa shape index (κ2) is 8.29. The van der Waals surface area contributed by atoms with Crippen molar-refractivity contribution in [2.75, 3.05) is 25.1 Å². The Morgan fingerprint density at radius 1 is 1.25 bits per heavy atom. The van der Waals surface area contributed by atoms with Gasteiger partial charge in [0.15, 0.2) is 0 Å². The molecule has 0 aliphatic carbocycles. The Balaban J connectivity index is 2.50. The lowest BCUT2D eigenvalue weighted by Crippen LogP contribution is -2.20. The number of benzene rings is 1. The average molecular weight is 280 g/mol. The van der Waals surface area contributed by atoms with E-state index in [4.69, 9.17) is 15.2 Å². The molecule has 1 aromatic carbocycles. The number of nitrogens with two attached hydrogens (primary N) is 1. The summed E-state index contributed by atoms with van der Waals surface area (Å²) < 4.78 is 10.1. The normalized spacial score (nSPS) is 10.4. The third-order valence-corrected chi connectivity index (χ3v) is 2.24. The maximum Gasteiger partial charge on any atom is 0.338 e. The van der Waals surface area contributed by atoms with Crippen molar-refractivity contribution >= 4 is 17.6 Å². The lowest BCUT2D eigenvalue weighted by molar-refractivity contribution is -0.120. The first-order chi connectivity index (χ1) is 9.52. The van der Waals surface area contributed by atoms with Crippen molar-refractivity contribution < 1.29 is 19.1 Å². The lowest BCUT2D eigenvalue weighted by atomic mass is 10.2. The maximum absolute atomic E-state index is 11.6. The van der Waals surface area contributed by atoms with Crippen molar-refractivity contribution in [1.29, 1.82) is 0 Å². The minimum atomic E-state index is -0.385. The Bertz CT molecular complexity index is 443. The molecular formula is C14H20N2O4. The molecule has 110 valence electrons. The molecule has 0 radical (unpaired) electrons. The molecule has 0 aliphatic rings. The Hall–Kier alpha value is -1.92. The number of carbonyl (C=O) groups excluding carboxylic acids is 2. The van der Waals surface area contributed by atoms with E-state index in [0.717, 1.165) is 0 Å². The first-order valence-electron chi connectivity index (χ1n) is 6.41. The van der Waals surface area contributed by atoms with Gasteiger partial charge in [-0.2, -0.15) is 0 Å². The molecule has 0 bridgehead atoms. The summed E-state index contributed by atoms with van der Waals surface area (Å²) in [7, 11) is 0. The van der Waals surface area contributed by atoms with E-state index in [1.807, 2.05) is 0 Å². The van der Waals surface area contributed by atoms with Gasteiger partial charge >= 0.3 is 5.97 Å². The van der Waals surface area contributed by atoms with Crippen LogP contribution in [0.2, 0.25) is 0 Å².